The number of likely N-dealkylation sites (N-methyl/N-ethyl adjacent to an activating group) is 1. The number of anilines is 2. The van der Waals surface area contributed by atoms with Crippen molar-refractivity contribution in [2.45, 2.75) is 25.0 Å². The summed E-state index contributed by atoms with van der Waals surface area (Å²) < 4.78 is 5.54. The molecule has 1 saturated carbocycles. The lowest BCUT2D eigenvalue weighted by atomic mass is 10.2. The van der Waals surface area contributed by atoms with Gasteiger partial charge in [-0.25, -0.2) is 0 Å². The predicted octanol–water partition coefficient (Wildman–Crippen LogP) is 2.18. The van der Waals surface area contributed by atoms with Crippen LogP contribution in [0, 0.1) is 0 Å². The molecular formula is C15H20ClN3O2. The van der Waals surface area contributed by atoms with Gasteiger partial charge in [-0.3, -0.25) is 4.79 Å². The summed E-state index contributed by atoms with van der Waals surface area (Å²) in [6.07, 6.45) is 1.91. The average Bonchev–Trinajstić information content (AvgIpc) is 3.26. The SMILES string of the molecule is CN1CCO[C@@H](C(=O)Nc2cc(Cl)ccc2NC2CC2)C1. The molecule has 5 nitrogen and oxygen atoms in total. The molecule has 0 aromatic heterocycles. The molecule has 2 N–H and O–H groups in total. The van der Waals surface area contributed by atoms with Crippen molar-refractivity contribution in [3.05, 3.63) is 23.2 Å². The Labute approximate surface area is 129 Å². The largest absolute Gasteiger partial charge is 0.381 e. The van der Waals surface area contributed by atoms with Crippen LogP contribution >= 0.6 is 11.6 Å². The van der Waals surface area contributed by atoms with Crippen LogP contribution < -0.4 is 10.6 Å². The highest BCUT2D eigenvalue weighted by Crippen LogP contribution is 2.31. The quantitative estimate of drug-likeness (QED) is 0.895. The van der Waals surface area contributed by atoms with Gasteiger partial charge >= 0.3 is 0 Å². The first-order valence-corrected chi connectivity index (χ1v) is 7.67. The van der Waals surface area contributed by atoms with Gasteiger partial charge < -0.3 is 20.3 Å². The molecule has 3 rings (SSSR count). The van der Waals surface area contributed by atoms with Crippen molar-refractivity contribution in [3.8, 4) is 0 Å². The van der Waals surface area contributed by atoms with Crippen molar-refractivity contribution in [2.24, 2.45) is 0 Å². The summed E-state index contributed by atoms with van der Waals surface area (Å²) in [5.41, 5.74) is 1.63. The Morgan fingerprint density at radius 1 is 1.38 bits per heavy atom. The summed E-state index contributed by atoms with van der Waals surface area (Å²) >= 11 is 6.04. The maximum Gasteiger partial charge on any atom is 0.254 e. The van der Waals surface area contributed by atoms with Gasteiger partial charge in [0.15, 0.2) is 0 Å². The minimum atomic E-state index is -0.434. The number of carbonyl (C=O) groups is 1. The Balaban J connectivity index is 1.70. The fourth-order valence-electron chi connectivity index (χ4n) is 2.34. The third-order valence-electron chi connectivity index (χ3n) is 3.74. The minimum absolute atomic E-state index is 0.123. The summed E-state index contributed by atoms with van der Waals surface area (Å²) in [5, 5.41) is 6.95. The molecule has 6 heteroatoms. The van der Waals surface area contributed by atoms with Gasteiger partial charge in [0.05, 0.1) is 18.0 Å². The second-order valence-corrected chi connectivity index (χ2v) is 6.16. The Morgan fingerprint density at radius 2 is 2.19 bits per heavy atom. The van der Waals surface area contributed by atoms with E-state index in [0.717, 1.165) is 17.9 Å². The van der Waals surface area contributed by atoms with E-state index in [1.807, 2.05) is 19.2 Å². The second-order valence-electron chi connectivity index (χ2n) is 5.72. The van der Waals surface area contributed by atoms with E-state index in [0.29, 0.717) is 24.2 Å². The van der Waals surface area contributed by atoms with Crippen molar-refractivity contribution >= 4 is 28.9 Å². The number of rotatable bonds is 4. The number of nitrogens with one attached hydrogen (secondary N) is 2. The molecule has 1 aromatic rings. The van der Waals surface area contributed by atoms with Crippen molar-refractivity contribution in [2.75, 3.05) is 37.4 Å². The highest BCUT2D eigenvalue weighted by atomic mass is 35.5. The Morgan fingerprint density at radius 3 is 2.90 bits per heavy atom. The van der Waals surface area contributed by atoms with E-state index in [1.54, 1.807) is 6.07 Å². The molecule has 114 valence electrons. The number of ether oxygens (including phenoxy) is 1. The zero-order chi connectivity index (χ0) is 14.8. The molecule has 1 aromatic carbocycles. The van der Waals surface area contributed by atoms with Crippen LogP contribution in [0.4, 0.5) is 11.4 Å². The zero-order valence-corrected chi connectivity index (χ0v) is 12.8. The summed E-state index contributed by atoms with van der Waals surface area (Å²) in [7, 11) is 1.99. The van der Waals surface area contributed by atoms with Crippen LogP contribution in [-0.4, -0.2) is 49.7 Å². The number of nitrogens with zero attached hydrogens (tertiary/aromatic N) is 1. The van der Waals surface area contributed by atoms with Crippen LogP contribution in [0.1, 0.15) is 12.8 Å². The van der Waals surface area contributed by atoms with Crippen LogP contribution in [0.5, 0.6) is 0 Å². The fourth-order valence-corrected chi connectivity index (χ4v) is 2.52. The van der Waals surface area contributed by atoms with Crippen LogP contribution in [0.2, 0.25) is 5.02 Å². The standard InChI is InChI=1S/C15H20ClN3O2/c1-19-6-7-21-14(9-19)15(20)18-13-8-10(16)2-5-12(13)17-11-3-4-11/h2,5,8,11,14,17H,3-4,6-7,9H2,1H3,(H,18,20)/t14-/m1/s1. The molecule has 0 radical (unpaired) electrons. The van der Waals surface area contributed by atoms with Crippen molar-refractivity contribution in [1.82, 2.24) is 4.90 Å². The molecular weight excluding hydrogens is 290 g/mol. The van der Waals surface area contributed by atoms with E-state index < -0.39 is 6.10 Å². The number of hydrogen-bond donors (Lipinski definition) is 2. The van der Waals surface area contributed by atoms with Gasteiger partial charge in [0, 0.05) is 24.2 Å². The number of morpholine rings is 1. The molecule has 1 aliphatic carbocycles. The topological polar surface area (TPSA) is 53.6 Å². The first-order chi connectivity index (χ1) is 10.1. The van der Waals surface area contributed by atoms with Gasteiger partial charge in [-0.1, -0.05) is 11.6 Å². The number of benzene rings is 1. The van der Waals surface area contributed by atoms with Gasteiger partial charge in [-0.05, 0) is 38.1 Å². The fraction of sp³-hybridized carbons (Fsp3) is 0.533. The first kappa shape index (κ1) is 14.6. The Hall–Kier alpha value is -1.30. The second kappa shape index (κ2) is 6.22. The highest BCUT2D eigenvalue weighted by molar-refractivity contribution is 6.31. The van der Waals surface area contributed by atoms with Crippen molar-refractivity contribution in [1.29, 1.82) is 0 Å². The molecule has 21 heavy (non-hydrogen) atoms. The molecule has 1 amide bonds. The maximum absolute atomic E-state index is 12.3. The summed E-state index contributed by atoms with van der Waals surface area (Å²) in [6, 6.07) is 6.02. The van der Waals surface area contributed by atoms with E-state index in [9.17, 15) is 4.79 Å². The number of hydrogen-bond acceptors (Lipinski definition) is 4. The third-order valence-corrected chi connectivity index (χ3v) is 3.97. The maximum atomic E-state index is 12.3. The van der Waals surface area contributed by atoms with Gasteiger partial charge in [-0.2, -0.15) is 0 Å². The average molecular weight is 310 g/mol. The minimum Gasteiger partial charge on any atom is -0.381 e. The van der Waals surface area contributed by atoms with Crippen LogP contribution in [-0.2, 0) is 9.53 Å². The normalized spacial score (nSPS) is 22.9. The van der Waals surface area contributed by atoms with E-state index >= 15 is 0 Å². The van der Waals surface area contributed by atoms with E-state index in [-0.39, 0.29) is 5.91 Å². The number of halogens is 1. The summed E-state index contributed by atoms with van der Waals surface area (Å²) in [4.78, 5) is 14.4. The molecule has 0 unspecified atom stereocenters. The molecule has 1 saturated heterocycles. The molecule has 1 aliphatic heterocycles. The van der Waals surface area contributed by atoms with Crippen LogP contribution in [0.25, 0.3) is 0 Å². The molecule has 2 aliphatic rings. The molecule has 2 fully saturated rings. The number of carbonyl (C=O) groups excluding carboxylic acids is 1. The highest BCUT2D eigenvalue weighted by Gasteiger charge is 2.26. The van der Waals surface area contributed by atoms with Gasteiger partial charge in [0.1, 0.15) is 6.10 Å². The zero-order valence-electron chi connectivity index (χ0n) is 12.1. The number of amides is 1. The van der Waals surface area contributed by atoms with Crippen LogP contribution in [0.3, 0.4) is 0 Å². The van der Waals surface area contributed by atoms with Crippen molar-refractivity contribution < 1.29 is 9.53 Å². The van der Waals surface area contributed by atoms with E-state index in [1.165, 1.54) is 12.8 Å². The first-order valence-electron chi connectivity index (χ1n) is 7.29. The van der Waals surface area contributed by atoms with Gasteiger partial charge in [0.2, 0.25) is 0 Å². The van der Waals surface area contributed by atoms with Crippen molar-refractivity contribution in [3.63, 3.8) is 0 Å². The summed E-state index contributed by atoms with van der Waals surface area (Å²) in [6.45, 7) is 2.05. The summed E-state index contributed by atoms with van der Waals surface area (Å²) in [5.74, 6) is -0.123. The lowest BCUT2D eigenvalue weighted by Crippen LogP contribution is -2.46. The molecule has 1 heterocycles. The molecule has 0 spiro atoms. The third kappa shape index (κ3) is 3.87. The lowest BCUT2D eigenvalue weighted by molar-refractivity contribution is -0.132. The van der Waals surface area contributed by atoms with E-state index in [4.69, 9.17) is 16.3 Å². The van der Waals surface area contributed by atoms with Gasteiger partial charge in [-0.15, -0.1) is 0 Å². The Kier molecular flexibility index (Phi) is 4.33. The molecule has 0 bridgehead atoms. The smallest absolute Gasteiger partial charge is 0.254 e. The lowest BCUT2D eigenvalue weighted by Gasteiger charge is -2.29. The monoisotopic (exact) mass is 309 g/mol. The predicted molar refractivity (Wildman–Crippen MR) is 84.0 cm³/mol. The van der Waals surface area contributed by atoms with Gasteiger partial charge in [0.25, 0.3) is 5.91 Å². The molecule has 1 atom stereocenters. The Bertz CT molecular complexity index is 534. The van der Waals surface area contributed by atoms with Crippen LogP contribution in [0.15, 0.2) is 18.2 Å². The van der Waals surface area contributed by atoms with E-state index in [2.05, 4.69) is 15.5 Å².